The number of nitrogens with two attached hydrogens (primary N) is 1. The van der Waals surface area contributed by atoms with Gasteiger partial charge in [0.25, 0.3) is 0 Å². The lowest BCUT2D eigenvalue weighted by Gasteiger charge is -2.32. The molecule has 0 amide bonds. The minimum absolute atomic E-state index is 0.308. The fourth-order valence-corrected chi connectivity index (χ4v) is 2.91. The van der Waals surface area contributed by atoms with Crippen LogP contribution < -0.4 is 5.73 Å². The Labute approximate surface area is 110 Å². The third kappa shape index (κ3) is 3.69. The highest BCUT2D eigenvalue weighted by Crippen LogP contribution is 2.50. The third-order valence-corrected chi connectivity index (χ3v) is 4.52. The Hall–Kier alpha value is -0.610. The van der Waals surface area contributed by atoms with Gasteiger partial charge in [0.15, 0.2) is 0 Å². The molecule has 0 heterocycles. The van der Waals surface area contributed by atoms with E-state index in [1.807, 2.05) is 0 Å². The van der Waals surface area contributed by atoms with Crippen LogP contribution in [0.1, 0.15) is 39.0 Å². The molecule has 18 heavy (non-hydrogen) atoms. The summed E-state index contributed by atoms with van der Waals surface area (Å²) in [6.07, 6.45) is 5.99. The molecular weight excluding hydrogens is 226 g/mol. The number of amidine groups is 1. The lowest BCUT2D eigenvalue weighted by molar-refractivity contribution is 0.0995. The van der Waals surface area contributed by atoms with E-state index in [0.717, 1.165) is 32.0 Å². The highest BCUT2D eigenvalue weighted by molar-refractivity contribution is 5.78. The van der Waals surface area contributed by atoms with Gasteiger partial charge in [-0.15, -0.1) is 0 Å². The minimum Gasteiger partial charge on any atom is -0.388 e. The molecule has 1 unspecified atom stereocenters. The summed E-state index contributed by atoms with van der Waals surface area (Å²) in [5.41, 5.74) is 5.89. The van der Waals surface area contributed by atoms with Gasteiger partial charge in [0.1, 0.15) is 0 Å². The predicted octanol–water partition coefficient (Wildman–Crippen LogP) is 1.84. The maximum absolute atomic E-state index is 7.51. The van der Waals surface area contributed by atoms with Crippen molar-refractivity contribution in [3.05, 3.63) is 0 Å². The smallest absolute Gasteiger partial charge is 0.0911 e. The molecule has 4 heteroatoms. The second-order valence-corrected chi connectivity index (χ2v) is 6.24. The molecule has 0 saturated heterocycles. The van der Waals surface area contributed by atoms with Crippen LogP contribution in [0.15, 0.2) is 0 Å². The van der Waals surface area contributed by atoms with Crippen LogP contribution in [-0.4, -0.2) is 43.6 Å². The summed E-state index contributed by atoms with van der Waals surface area (Å²) in [6, 6.07) is 0.657. The molecule has 0 bridgehead atoms. The highest BCUT2D eigenvalue weighted by atomic mass is 16.5. The van der Waals surface area contributed by atoms with Crippen molar-refractivity contribution in [3.8, 4) is 0 Å². The molecule has 2 rings (SSSR count). The number of rotatable bonds is 9. The van der Waals surface area contributed by atoms with E-state index in [1.165, 1.54) is 25.7 Å². The van der Waals surface area contributed by atoms with Crippen LogP contribution in [0, 0.1) is 16.7 Å². The lowest BCUT2D eigenvalue weighted by atomic mass is 9.99. The monoisotopic (exact) mass is 253 g/mol. The lowest BCUT2D eigenvalue weighted by Crippen LogP contribution is -2.41. The van der Waals surface area contributed by atoms with Crippen LogP contribution in [0.4, 0.5) is 0 Å². The van der Waals surface area contributed by atoms with Crippen molar-refractivity contribution in [2.45, 2.75) is 45.1 Å². The number of ether oxygens (including phenoxy) is 1. The first-order valence-electron chi connectivity index (χ1n) is 7.12. The van der Waals surface area contributed by atoms with Crippen LogP contribution in [-0.2, 0) is 4.74 Å². The number of nitrogens with zero attached hydrogens (tertiary/aromatic N) is 1. The summed E-state index contributed by atoms with van der Waals surface area (Å²) >= 11 is 0. The number of hydrogen-bond acceptors (Lipinski definition) is 3. The van der Waals surface area contributed by atoms with E-state index in [9.17, 15) is 0 Å². The van der Waals surface area contributed by atoms with Crippen molar-refractivity contribution in [2.75, 3.05) is 26.8 Å². The van der Waals surface area contributed by atoms with Crippen LogP contribution in [0.5, 0.6) is 0 Å². The SMILES string of the molecule is COCCN(CC1(CC(=N)N)CC1)C(C)C1CC1. The van der Waals surface area contributed by atoms with E-state index in [4.69, 9.17) is 15.9 Å². The van der Waals surface area contributed by atoms with Gasteiger partial charge < -0.3 is 10.5 Å². The molecule has 2 aliphatic rings. The van der Waals surface area contributed by atoms with Crippen LogP contribution >= 0.6 is 0 Å². The Morgan fingerprint density at radius 3 is 2.61 bits per heavy atom. The standard InChI is InChI=1S/C14H27N3O/c1-11(12-3-4-12)17(7-8-18-2)10-14(5-6-14)9-13(15)16/h11-12H,3-10H2,1-2H3,(H3,15,16). The van der Waals surface area contributed by atoms with Crippen molar-refractivity contribution < 1.29 is 4.74 Å². The summed E-state index contributed by atoms with van der Waals surface area (Å²) < 4.78 is 5.23. The van der Waals surface area contributed by atoms with Crippen molar-refractivity contribution in [3.63, 3.8) is 0 Å². The molecule has 0 aromatic carbocycles. The Morgan fingerprint density at radius 2 is 2.17 bits per heavy atom. The first kappa shape index (κ1) is 13.8. The molecule has 0 aromatic rings. The molecule has 0 aliphatic heterocycles. The molecule has 2 aliphatic carbocycles. The van der Waals surface area contributed by atoms with Gasteiger partial charge in [-0.1, -0.05) is 0 Å². The van der Waals surface area contributed by atoms with Gasteiger partial charge in [0, 0.05) is 32.7 Å². The van der Waals surface area contributed by atoms with Gasteiger partial charge in [0.2, 0.25) is 0 Å². The number of nitrogens with one attached hydrogen (secondary N) is 1. The molecule has 2 fully saturated rings. The van der Waals surface area contributed by atoms with Crippen LogP contribution in [0.25, 0.3) is 0 Å². The highest BCUT2D eigenvalue weighted by Gasteiger charge is 2.45. The second-order valence-electron chi connectivity index (χ2n) is 6.24. The van der Waals surface area contributed by atoms with E-state index in [1.54, 1.807) is 7.11 Å². The molecule has 104 valence electrons. The van der Waals surface area contributed by atoms with Crippen LogP contribution in [0.3, 0.4) is 0 Å². The average molecular weight is 253 g/mol. The van der Waals surface area contributed by atoms with Crippen molar-refractivity contribution in [1.82, 2.24) is 4.90 Å². The quantitative estimate of drug-likeness (QED) is 0.487. The predicted molar refractivity (Wildman–Crippen MR) is 73.8 cm³/mol. The zero-order chi connectivity index (χ0) is 13.2. The molecule has 0 spiro atoms. The van der Waals surface area contributed by atoms with Gasteiger partial charge in [-0.3, -0.25) is 10.3 Å². The summed E-state index contributed by atoms with van der Waals surface area (Å²) in [5.74, 6) is 1.23. The van der Waals surface area contributed by atoms with Gasteiger partial charge in [0.05, 0.1) is 12.4 Å². The largest absolute Gasteiger partial charge is 0.388 e. The van der Waals surface area contributed by atoms with E-state index in [0.29, 0.717) is 17.3 Å². The van der Waals surface area contributed by atoms with Crippen molar-refractivity contribution >= 4 is 5.84 Å². The molecular formula is C14H27N3O. The fourth-order valence-electron chi connectivity index (χ4n) is 2.91. The van der Waals surface area contributed by atoms with Gasteiger partial charge >= 0.3 is 0 Å². The average Bonchev–Trinajstić information content (AvgIpc) is 3.18. The Bertz CT molecular complexity index is 297. The van der Waals surface area contributed by atoms with E-state index in [2.05, 4.69) is 11.8 Å². The Balaban J connectivity index is 1.89. The molecule has 0 aromatic heterocycles. The minimum atomic E-state index is 0.308. The third-order valence-electron chi connectivity index (χ3n) is 4.52. The fraction of sp³-hybridized carbons (Fsp3) is 0.929. The van der Waals surface area contributed by atoms with Crippen LogP contribution in [0.2, 0.25) is 0 Å². The normalized spacial score (nSPS) is 23.1. The molecule has 0 radical (unpaired) electrons. The van der Waals surface area contributed by atoms with Gasteiger partial charge in [-0.05, 0) is 43.9 Å². The summed E-state index contributed by atoms with van der Waals surface area (Å²) in [6.45, 7) is 5.24. The Kier molecular flexibility index (Phi) is 4.28. The maximum Gasteiger partial charge on any atom is 0.0911 e. The molecule has 4 nitrogen and oxygen atoms in total. The molecule has 3 N–H and O–H groups in total. The van der Waals surface area contributed by atoms with E-state index < -0.39 is 0 Å². The number of hydrogen-bond donors (Lipinski definition) is 2. The summed E-state index contributed by atoms with van der Waals surface area (Å²) in [4.78, 5) is 2.57. The van der Waals surface area contributed by atoms with Gasteiger partial charge in [-0.25, -0.2) is 0 Å². The van der Waals surface area contributed by atoms with Crippen molar-refractivity contribution in [2.24, 2.45) is 17.1 Å². The second kappa shape index (κ2) is 5.57. The molecule has 1 atom stereocenters. The zero-order valence-corrected chi connectivity index (χ0v) is 11.7. The number of methoxy groups -OCH3 is 1. The summed E-state index contributed by atoms with van der Waals surface area (Å²) in [5, 5.41) is 7.51. The van der Waals surface area contributed by atoms with Crippen molar-refractivity contribution in [1.29, 1.82) is 5.41 Å². The topological polar surface area (TPSA) is 62.3 Å². The maximum atomic E-state index is 7.51. The first-order chi connectivity index (χ1) is 8.56. The summed E-state index contributed by atoms with van der Waals surface area (Å²) in [7, 11) is 1.77. The Morgan fingerprint density at radius 1 is 1.50 bits per heavy atom. The van der Waals surface area contributed by atoms with Gasteiger partial charge in [-0.2, -0.15) is 0 Å². The molecule has 2 saturated carbocycles. The van der Waals surface area contributed by atoms with E-state index >= 15 is 0 Å². The van der Waals surface area contributed by atoms with E-state index in [-0.39, 0.29) is 0 Å². The first-order valence-corrected chi connectivity index (χ1v) is 7.12. The zero-order valence-electron chi connectivity index (χ0n) is 11.7.